The van der Waals surface area contributed by atoms with Gasteiger partial charge in [0.05, 0.1) is 5.56 Å². The quantitative estimate of drug-likeness (QED) is 0.898. The van der Waals surface area contributed by atoms with E-state index in [9.17, 15) is 22.8 Å². The number of nitrogens with one attached hydrogen (secondary N) is 2. The zero-order valence-corrected chi connectivity index (χ0v) is 12.7. The first-order chi connectivity index (χ1) is 11.3. The van der Waals surface area contributed by atoms with Gasteiger partial charge in [-0.15, -0.1) is 0 Å². The minimum Gasteiger partial charge on any atom is -0.341 e. The second-order valence-electron chi connectivity index (χ2n) is 5.13. The summed E-state index contributed by atoms with van der Waals surface area (Å²) in [6, 6.07) is 11.7. The van der Waals surface area contributed by atoms with E-state index in [1.54, 1.807) is 30.3 Å². The van der Waals surface area contributed by atoms with Gasteiger partial charge in [-0.25, -0.2) is 0 Å². The summed E-state index contributed by atoms with van der Waals surface area (Å²) in [5.74, 6) is -1.05. The summed E-state index contributed by atoms with van der Waals surface area (Å²) in [7, 11) is 0. The van der Waals surface area contributed by atoms with Crippen LogP contribution >= 0.6 is 0 Å². The highest BCUT2D eigenvalue weighted by molar-refractivity contribution is 6.00. The van der Waals surface area contributed by atoms with E-state index in [4.69, 9.17) is 0 Å². The van der Waals surface area contributed by atoms with Crippen LogP contribution in [-0.2, 0) is 11.0 Å². The molecule has 0 saturated heterocycles. The van der Waals surface area contributed by atoms with Gasteiger partial charge in [-0.05, 0) is 37.3 Å². The number of benzene rings is 2. The van der Waals surface area contributed by atoms with Gasteiger partial charge in [0.1, 0.15) is 6.04 Å². The largest absolute Gasteiger partial charge is 0.416 e. The Balaban J connectivity index is 2.00. The lowest BCUT2D eigenvalue weighted by Gasteiger charge is -2.15. The lowest BCUT2D eigenvalue weighted by atomic mass is 10.1. The van der Waals surface area contributed by atoms with Crippen molar-refractivity contribution in [2.45, 2.75) is 19.1 Å². The molecule has 126 valence electrons. The molecule has 0 aromatic heterocycles. The molecule has 0 radical (unpaired) electrons. The summed E-state index contributed by atoms with van der Waals surface area (Å²) in [6.07, 6.45) is -4.49. The van der Waals surface area contributed by atoms with Gasteiger partial charge in [0.25, 0.3) is 5.91 Å². The molecule has 2 aromatic rings. The van der Waals surface area contributed by atoms with E-state index in [1.165, 1.54) is 19.1 Å². The van der Waals surface area contributed by atoms with Crippen LogP contribution in [0.25, 0.3) is 0 Å². The van der Waals surface area contributed by atoms with Crippen molar-refractivity contribution in [2.24, 2.45) is 0 Å². The first-order valence-electron chi connectivity index (χ1n) is 7.11. The van der Waals surface area contributed by atoms with Crippen LogP contribution < -0.4 is 10.6 Å². The number of alkyl halides is 3. The van der Waals surface area contributed by atoms with Gasteiger partial charge in [0.15, 0.2) is 0 Å². The number of halogens is 3. The lowest BCUT2D eigenvalue weighted by molar-refractivity contribution is -0.137. The summed E-state index contributed by atoms with van der Waals surface area (Å²) in [6.45, 7) is 1.45. The molecule has 7 heteroatoms. The van der Waals surface area contributed by atoms with Crippen LogP contribution in [0.5, 0.6) is 0 Å². The standard InChI is InChI=1S/C17H15F3N2O2/c1-11(21-16(24)12-6-3-2-4-7-12)15(23)22-14-9-5-8-13(10-14)17(18,19)20/h2-11H,1H3,(H,21,24)(H,22,23). The molecule has 0 aliphatic carbocycles. The maximum atomic E-state index is 12.7. The Morgan fingerprint density at radius 2 is 1.67 bits per heavy atom. The van der Waals surface area contributed by atoms with Crippen LogP contribution in [0.15, 0.2) is 54.6 Å². The Morgan fingerprint density at radius 1 is 1.00 bits per heavy atom. The Bertz CT molecular complexity index is 730. The van der Waals surface area contributed by atoms with E-state index in [2.05, 4.69) is 10.6 Å². The number of hydrogen-bond acceptors (Lipinski definition) is 2. The Kier molecular flexibility index (Phi) is 5.23. The molecule has 0 aliphatic rings. The van der Waals surface area contributed by atoms with Crippen molar-refractivity contribution in [2.75, 3.05) is 5.32 Å². The van der Waals surface area contributed by atoms with Crippen molar-refractivity contribution in [1.82, 2.24) is 5.32 Å². The smallest absolute Gasteiger partial charge is 0.341 e. The molecular weight excluding hydrogens is 321 g/mol. The normalized spacial score (nSPS) is 12.3. The van der Waals surface area contributed by atoms with Crippen LogP contribution in [0.4, 0.5) is 18.9 Å². The van der Waals surface area contributed by atoms with Crippen molar-refractivity contribution < 1.29 is 22.8 Å². The lowest BCUT2D eigenvalue weighted by Crippen LogP contribution is -2.41. The summed E-state index contributed by atoms with van der Waals surface area (Å²) in [4.78, 5) is 24.0. The van der Waals surface area contributed by atoms with E-state index in [0.717, 1.165) is 12.1 Å². The van der Waals surface area contributed by atoms with Crippen molar-refractivity contribution in [3.63, 3.8) is 0 Å². The Labute approximate surface area is 136 Å². The molecule has 0 saturated carbocycles. The fraction of sp³-hybridized carbons (Fsp3) is 0.176. The third-order valence-corrected chi connectivity index (χ3v) is 3.23. The molecule has 0 fully saturated rings. The third kappa shape index (κ3) is 4.58. The summed E-state index contributed by atoms with van der Waals surface area (Å²) in [5, 5.41) is 4.85. The molecule has 1 unspecified atom stereocenters. The minimum absolute atomic E-state index is 0.00985. The molecule has 2 N–H and O–H groups in total. The van der Waals surface area contributed by atoms with Gasteiger partial charge in [-0.2, -0.15) is 13.2 Å². The number of amides is 2. The van der Waals surface area contributed by atoms with E-state index in [-0.39, 0.29) is 5.69 Å². The molecule has 0 bridgehead atoms. The number of hydrogen-bond donors (Lipinski definition) is 2. The highest BCUT2D eigenvalue weighted by atomic mass is 19.4. The second kappa shape index (κ2) is 7.16. The van der Waals surface area contributed by atoms with Gasteiger partial charge in [0.2, 0.25) is 5.91 Å². The van der Waals surface area contributed by atoms with Crippen LogP contribution in [0.2, 0.25) is 0 Å². The van der Waals surface area contributed by atoms with Crippen molar-refractivity contribution in [3.05, 3.63) is 65.7 Å². The molecule has 0 aliphatic heterocycles. The van der Waals surface area contributed by atoms with E-state index >= 15 is 0 Å². The topological polar surface area (TPSA) is 58.2 Å². The molecular formula is C17H15F3N2O2. The second-order valence-corrected chi connectivity index (χ2v) is 5.13. The molecule has 1 atom stereocenters. The third-order valence-electron chi connectivity index (χ3n) is 3.23. The number of anilines is 1. The first kappa shape index (κ1) is 17.5. The van der Waals surface area contributed by atoms with Crippen molar-refractivity contribution in [1.29, 1.82) is 0 Å². The predicted octanol–water partition coefficient (Wildman–Crippen LogP) is 3.46. The first-order valence-corrected chi connectivity index (χ1v) is 7.11. The predicted molar refractivity (Wildman–Crippen MR) is 83.4 cm³/mol. The Morgan fingerprint density at radius 3 is 2.29 bits per heavy atom. The zero-order valence-electron chi connectivity index (χ0n) is 12.7. The average Bonchev–Trinajstić information content (AvgIpc) is 2.55. The number of carbonyl (C=O) groups excluding carboxylic acids is 2. The number of rotatable bonds is 4. The highest BCUT2D eigenvalue weighted by Crippen LogP contribution is 2.30. The van der Waals surface area contributed by atoms with Crippen LogP contribution in [0.1, 0.15) is 22.8 Å². The van der Waals surface area contributed by atoms with Crippen LogP contribution in [0, 0.1) is 0 Å². The van der Waals surface area contributed by atoms with Crippen LogP contribution in [0.3, 0.4) is 0 Å². The van der Waals surface area contributed by atoms with Crippen LogP contribution in [-0.4, -0.2) is 17.9 Å². The van der Waals surface area contributed by atoms with Gasteiger partial charge < -0.3 is 10.6 Å². The fourth-order valence-electron chi connectivity index (χ4n) is 1.96. The van der Waals surface area contributed by atoms with Gasteiger partial charge >= 0.3 is 6.18 Å². The van der Waals surface area contributed by atoms with E-state index < -0.39 is 29.6 Å². The molecule has 0 spiro atoms. The highest BCUT2D eigenvalue weighted by Gasteiger charge is 2.30. The van der Waals surface area contributed by atoms with Gasteiger partial charge in [-0.1, -0.05) is 24.3 Å². The maximum Gasteiger partial charge on any atom is 0.416 e. The summed E-state index contributed by atoms with van der Waals surface area (Å²) >= 11 is 0. The molecule has 2 aromatic carbocycles. The molecule has 4 nitrogen and oxygen atoms in total. The maximum absolute atomic E-state index is 12.7. The van der Waals surface area contributed by atoms with Gasteiger partial charge in [-0.3, -0.25) is 9.59 Å². The molecule has 2 rings (SSSR count). The van der Waals surface area contributed by atoms with Crippen molar-refractivity contribution in [3.8, 4) is 0 Å². The van der Waals surface area contributed by atoms with E-state index in [0.29, 0.717) is 5.56 Å². The molecule has 24 heavy (non-hydrogen) atoms. The van der Waals surface area contributed by atoms with E-state index in [1.807, 2.05) is 0 Å². The van der Waals surface area contributed by atoms with Gasteiger partial charge in [0, 0.05) is 11.3 Å². The SMILES string of the molecule is CC(NC(=O)c1ccccc1)C(=O)Nc1cccc(C(F)(F)F)c1. The zero-order chi connectivity index (χ0) is 17.7. The average molecular weight is 336 g/mol. The molecule has 0 heterocycles. The summed E-state index contributed by atoms with van der Waals surface area (Å²) in [5.41, 5.74) is -0.465. The van der Waals surface area contributed by atoms with Crippen molar-refractivity contribution >= 4 is 17.5 Å². The fourth-order valence-corrected chi connectivity index (χ4v) is 1.96. The summed E-state index contributed by atoms with van der Waals surface area (Å²) < 4.78 is 38.0. The monoisotopic (exact) mass is 336 g/mol. The Hall–Kier alpha value is -2.83. The minimum atomic E-state index is -4.49. The number of carbonyl (C=O) groups is 2. The molecule has 2 amide bonds.